The first-order valence-electron chi connectivity index (χ1n) is 4.88. The van der Waals surface area contributed by atoms with E-state index < -0.39 is 4.33 Å². The number of aromatic hydroxyl groups is 2. The molecule has 0 aliphatic carbocycles. The minimum absolute atomic E-state index is 0.199. The van der Waals surface area contributed by atoms with Gasteiger partial charge < -0.3 is 10.2 Å². The van der Waals surface area contributed by atoms with E-state index in [1.807, 2.05) is 6.92 Å². The molecule has 0 aromatic heterocycles. The van der Waals surface area contributed by atoms with E-state index in [4.69, 9.17) is 23.2 Å². The summed E-state index contributed by atoms with van der Waals surface area (Å²) in [7, 11) is 0. The second kappa shape index (κ2) is 4.95. The maximum atomic E-state index is 9.61. The zero-order chi connectivity index (χ0) is 11.5. The second-order valence-corrected chi connectivity index (χ2v) is 4.97. The van der Waals surface area contributed by atoms with Crippen LogP contribution in [0, 0.1) is 0 Å². The van der Waals surface area contributed by atoms with Gasteiger partial charge in [-0.25, -0.2) is 0 Å². The molecule has 2 N–H and O–H groups in total. The lowest BCUT2D eigenvalue weighted by Gasteiger charge is -2.21. The molecule has 1 aromatic rings. The smallest absolute Gasteiger partial charge is 0.163 e. The lowest BCUT2D eigenvalue weighted by molar-refractivity contribution is 0.396. The van der Waals surface area contributed by atoms with Crippen LogP contribution in [0.1, 0.15) is 31.7 Å². The molecule has 0 saturated heterocycles. The molecule has 0 bridgehead atoms. The molecule has 0 amide bonds. The molecule has 0 fully saturated rings. The summed E-state index contributed by atoms with van der Waals surface area (Å²) in [5.41, 5.74) is 0.360. The van der Waals surface area contributed by atoms with Crippen LogP contribution in [0.3, 0.4) is 0 Å². The lowest BCUT2D eigenvalue weighted by Crippen LogP contribution is -2.10. The van der Waals surface area contributed by atoms with Crippen molar-refractivity contribution in [1.29, 1.82) is 0 Å². The molecular formula is C11H14Cl2O2. The van der Waals surface area contributed by atoms with E-state index in [0.717, 1.165) is 12.8 Å². The summed E-state index contributed by atoms with van der Waals surface area (Å²) >= 11 is 12.2. The molecule has 0 radical (unpaired) electrons. The predicted octanol–water partition coefficient (Wildman–Crippen LogP) is 3.92. The van der Waals surface area contributed by atoms with Crippen LogP contribution >= 0.6 is 23.2 Å². The Morgan fingerprint density at radius 3 is 2.53 bits per heavy atom. The van der Waals surface area contributed by atoms with E-state index in [2.05, 4.69) is 0 Å². The van der Waals surface area contributed by atoms with Crippen LogP contribution in [-0.4, -0.2) is 10.2 Å². The lowest BCUT2D eigenvalue weighted by atomic mass is 10.0. The molecule has 0 heterocycles. The second-order valence-electron chi connectivity index (χ2n) is 3.48. The van der Waals surface area contributed by atoms with Crippen LogP contribution < -0.4 is 0 Å². The van der Waals surface area contributed by atoms with Crippen molar-refractivity contribution < 1.29 is 10.2 Å². The van der Waals surface area contributed by atoms with Gasteiger partial charge in [-0.15, -0.1) is 0 Å². The molecule has 84 valence electrons. The fourth-order valence-electron chi connectivity index (χ4n) is 1.36. The van der Waals surface area contributed by atoms with Gasteiger partial charge in [-0.1, -0.05) is 55.1 Å². The number of hydrogen-bond acceptors (Lipinski definition) is 2. The highest BCUT2D eigenvalue weighted by atomic mass is 35.5. The summed E-state index contributed by atoms with van der Waals surface area (Å²) in [6, 6.07) is 4.61. The average molecular weight is 249 g/mol. The molecule has 2 nitrogen and oxygen atoms in total. The Kier molecular flexibility index (Phi) is 4.12. The summed E-state index contributed by atoms with van der Waals surface area (Å²) in [6.45, 7) is 2.03. The third-order valence-electron chi connectivity index (χ3n) is 2.25. The van der Waals surface area contributed by atoms with Crippen LogP contribution in [0.4, 0.5) is 0 Å². The van der Waals surface area contributed by atoms with Gasteiger partial charge in [-0.2, -0.15) is 0 Å². The van der Waals surface area contributed by atoms with Gasteiger partial charge in [0.2, 0.25) is 0 Å². The van der Waals surface area contributed by atoms with Crippen molar-refractivity contribution in [2.45, 2.75) is 30.5 Å². The van der Waals surface area contributed by atoms with Crippen LogP contribution in [0.5, 0.6) is 11.5 Å². The van der Waals surface area contributed by atoms with Gasteiger partial charge in [-0.3, -0.25) is 0 Å². The Bertz CT molecular complexity index is 337. The number of alkyl halides is 2. The number of halogens is 2. The number of hydrogen-bond donors (Lipinski definition) is 2. The summed E-state index contributed by atoms with van der Waals surface area (Å²) < 4.78 is -1.14. The maximum Gasteiger partial charge on any atom is 0.163 e. The van der Waals surface area contributed by atoms with Crippen LogP contribution in [0.15, 0.2) is 18.2 Å². The van der Waals surface area contributed by atoms with Crippen LogP contribution in [0.2, 0.25) is 0 Å². The van der Waals surface area contributed by atoms with Gasteiger partial charge in [0.15, 0.2) is 11.5 Å². The fourth-order valence-corrected chi connectivity index (χ4v) is 1.93. The average Bonchev–Trinajstić information content (AvgIpc) is 2.19. The third-order valence-corrected chi connectivity index (χ3v) is 3.04. The minimum Gasteiger partial charge on any atom is -0.504 e. The molecule has 15 heavy (non-hydrogen) atoms. The van der Waals surface area contributed by atoms with E-state index >= 15 is 0 Å². The number of benzene rings is 1. The first-order valence-corrected chi connectivity index (χ1v) is 5.64. The van der Waals surface area contributed by atoms with Gasteiger partial charge in [-0.05, 0) is 12.5 Å². The summed E-state index contributed by atoms with van der Waals surface area (Å²) in [4.78, 5) is 0. The van der Waals surface area contributed by atoms with Gasteiger partial charge in [0.05, 0.1) is 0 Å². The molecule has 0 aliphatic heterocycles. The Hall–Kier alpha value is -0.600. The van der Waals surface area contributed by atoms with E-state index in [1.165, 1.54) is 6.07 Å². The number of rotatable bonds is 4. The first kappa shape index (κ1) is 12.5. The van der Waals surface area contributed by atoms with E-state index in [1.54, 1.807) is 12.1 Å². The minimum atomic E-state index is -1.14. The standard InChI is InChI=1S/C11H14Cl2O2/c1-2-3-7-11(12,13)8-5-4-6-9(14)10(8)15/h4-6,14-15H,2-3,7H2,1H3. The summed E-state index contributed by atoms with van der Waals surface area (Å²) in [5.74, 6) is -0.437. The number of phenols is 2. The summed E-state index contributed by atoms with van der Waals surface area (Å²) in [6.07, 6.45) is 2.38. The van der Waals surface area contributed by atoms with E-state index in [9.17, 15) is 10.2 Å². The van der Waals surface area contributed by atoms with Crippen molar-refractivity contribution >= 4 is 23.2 Å². The Morgan fingerprint density at radius 1 is 1.27 bits per heavy atom. The van der Waals surface area contributed by atoms with Gasteiger partial charge in [0, 0.05) is 5.56 Å². The monoisotopic (exact) mass is 248 g/mol. The summed E-state index contributed by atoms with van der Waals surface area (Å²) in [5, 5.41) is 18.9. The van der Waals surface area contributed by atoms with Crippen molar-refractivity contribution in [3.05, 3.63) is 23.8 Å². The third kappa shape index (κ3) is 2.93. The maximum absolute atomic E-state index is 9.61. The van der Waals surface area contributed by atoms with Crippen molar-refractivity contribution in [2.24, 2.45) is 0 Å². The molecule has 0 unspecified atom stereocenters. The largest absolute Gasteiger partial charge is 0.504 e. The Balaban J connectivity index is 2.98. The highest BCUT2D eigenvalue weighted by Gasteiger charge is 2.29. The quantitative estimate of drug-likeness (QED) is 0.627. The molecule has 0 saturated carbocycles. The fraction of sp³-hybridized carbons (Fsp3) is 0.455. The molecular weight excluding hydrogens is 235 g/mol. The molecule has 4 heteroatoms. The van der Waals surface area contributed by atoms with Gasteiger partial charge >= 0.3 is 0 Å². The van der Waals surface area contributed by atoms with Crippen molar-refractivity contribution in [3.8, 4) is 11.5 Å². The van der Waals surface area contributed by atoms with E-state index in [-0.39, 0.29) is 11.5 Å². The normalized spacial score (nSPS) is 11.7. The Morgan fingerprint density at radius 2 is 1.93 bits per heavy atom. The van der Waals surface area contributed by atoms with Crippen LogP contribution in [0.25, 0.3) is 0 Å². The van der Waals surface area contributed by atoms with Gasteiger partial charge in [0.1, 0.15) is 4.33 Å². The number of unbranched alkanes of at least 4 members (excludes halogenated alkanes) is 1. The highest BCUT2D eigenvalue weighted by Crippen LogP contribution is 2.45. The number of phenolic OH excluding ortho intramolecular Hbond substituents is 2. The molecule has 1 aromatic carbocycles. The first-order chi connectivity index (χ1) is 6.99. The predicted molar refractivity (Wildman–Crippen MR) is 62.7 cm³/mol. The molecule has 0 spiro atoms. The molecule has 0 atom stereocenters. The van der Waals surface area contributed by atoms with Crippen LogP contribution in [-0.2, 0) is 4.33 Å². The zero-order valence-corrected chi connectivity index (χ0v) is 10.0. The Labute approximate surface area is 99.5 Å². The van der Waals surface area contributed by atoms with Gasteiger partial charge in [0.25, 0.3) is 0 Å². The van der Waals surface area contributed by atoms with Crippen molar-refractivity contribution in [3.63, 3.8) is 0 Å². The number of para-hydroxylation sites is 1. The highest BCUT2D eigenvalue weighted by molar-refractivity contribution is 6.48. The van der Waals surface area contributed by atoms with Crippen molar-refractivity contribution in [2.75, 3.05) is 0 Å². The molecule has 0 aliphatic rings. The zero-order valence-electron chi connectivity index (χ0n) is 8.50. The molecule has 1 rings (SSSR count). The van der Waals surface area contributed by atoms with E-state index in [0.29, 0.717) is 12.0 Å². The van der Waals surface area contributed by atoms with Crippen molar-refractivity contribution in [1.82, 2.24) is 0 Å². The topological polar surface area (TPSA) is 40.5 Å². The SMILES string of the molecule is CCCCC(Cl)(Cl)c1cccc(O)c1O.